The van der Waals surface area contributed by atoms with Gasteiger partial charge in [-0.15, -0.1) is 5.10 Å². The van der Waals surface area contributed by atoms with Crippen LogP contribution in [0, 0.1) is 13.5 Å². The maximum Gasteiger partial charge on any atom is 0.297 e. The summed E-state index contributed by atoms with van der Waals surface area (Å²) < 4.78 is 34.6. The van der Waals surface area contributed by atoms with Crippen LogP contribution in [0.5, 0.6) is 0 Å². The molecule has 1 atom stereocenters. The average molecular weight is 1880 g/mol. The van der Waals surface area contributed by atoms with Crippen LogP contribution >= 0.6 is 181 Å². The first-order valence-corrected chi connectivity index (χ1v) is 40.0. The molecule has 0 saturated carbocycles. The number of rotatable bonds is 17. The molecular weight excluding hydrogens is 1810 g/mol. The van der Waals surface area contributed by atoms with E-state index in [2.05, 4.69) is 40.7 Å². The summed E-state index contributed by atoms with van der Waals surface area (Å²) in [5.74, 6) is -1.78. The summed E-state index contributed by atoms with van der Waals surface area (Å²) in [6, 6.07) is 45.1. The summed E-state index contributed by atoms with van der Waals surface area (Å²) in [5, 5.41) is 33.8. The first-order chi connectivity index (χ1) is 54.1. The molecule has 0 saturated heterocycles. The third kappa shape index (κ3) is 38.1. The highest BCUT2D eigenvalue weighted by Crippen LogP contribution is 2.38. The van der Waals surface area contributed by atoms with Gasteiger partial charge in [0.15, 0.2) is 36.2 Å². The number of benzene rings is 9. The van der Waals surface area contributed by atoms with Crippen molar-refractivity contribution < 1.29 is 49.1 Å². The first-order valence-electron chi connectivity index (χ1n) is 32.0. The number of anilines is 1. The fourth-order valence-corrected chi connectivity index (χ4v) is 12.1. The number of carbonyl (C=O) groups is 6. The van der Waals surface area contributed by atoms with Gasteiger partial charge in [0.2, 0.25) is 0 Å². The van der Waals surface area contributed by atoms with E-state index in [-0.39, 0.29) is 115 Å². The van der Waals surface area contributed by atoms with E-state index in [1.807, 2.05) is 0 Å². The van der Waals surface area contributed by atoms with E-state index >= 15 is 0 Å². The highest BCUT2D eigenvalue weighted by atomic mass is 35.5. The lowest BCUT2D eigenvalue weighted by Crippen LogP contribution is -2.15. The maximum atomic E-state index is 12.7. The van der Waals surface area contributed by atoms with Crippen molar-refractivity contribution in [2.45, 2.75) is 40.1 Å². The largest absolute Gasteiger partial charge is 0.392 e. The van der Waals surface area contributed by atoms with Crippen LogP contribution in [0.1, 0.15) is 105 Å². The van der Waals surface area contributed by atoms with Crippen molar-refractivity contribution in [2.24, 2.45) is 21.5 Å². The molecule has 1 aromatic heterocycles. The highest BCUT2D eigenvalue weighted by Gasteiger charge is 2.22. The second-order valence-electron chi connectivity index (χ2n) is 21.9. The van der Waals surface area contributed by atoms with E-state index in [1.165, 1.54) is 30.1 Å². The minimum absolute atomic E-state index is 0.0241. The van der Waals surface area contributed by atoms with E-state index < -0.39 is 35.9 Å². The number of aliphatic hydroxyl groups is 2. The molecule has 1 unspecified atom stereocenters. The number of nitrogen functional groups attached to an aromatic ring is 1. The van der Waals surface area contributed by atoms with Gasteiger partial charge in [0.1, 0.15) is 1.12 Å². The number of hydrogen-bond acceptors (Lipinski definition) is 14. The molecule has 0 bridgehead atoms. The molecule has 594 valence electrons. The van der Waals surface area contributed by atoms with Crippen molar-refractivity contribution in [3.63, 3.8) is 0 Å². The van der Waals surface area contributed by atoms with Crippen LogP contribution in [0.15, 0.2) is 180 Å². The Morgan fingerprint density at radius 1 is 0.549 bits per heavy atom. The number of hydrogen-bond donors (Lipinski definition) is 6. The summed E-state index contributed by atoms with van der Waals surface area (Å²) in [4.78, 5) is 79.5. The lowest BCUT2D eigenvalue weighted by Gasteiger charge is -2.10. The second kappa shape index (κ2) is 52.7. The summed E-state index contributed by atoms with van der Waals surface area (Å²) in [6.07, 6.45) is 0. The molecule has 8 N–H and O–H groups in total. The van der Waals surface area contributed by atoms with Gasteiger partial charge in [0.25, 0.3) is 23.6 Å². The number of primary amides is 2. The Labute approximate surface area is 729 Å². The van der Waals surface area contributed by atoms with Crippen molar-refractivity contribution in [2.75, 3.05) is 31.4 Å². The number of halogens is 15. The van der Waals surface area contributed by atoms with Crippen LogP contribution in [-0.2, 0) is 47.2 Å². The van der Waals surface area contributed by atoms with Crippen LogP contribution in [-0.4, -0.2) is 90.6 Å². The van der Waals surface area contributed by atoms with Crippen molar-refractivity contribution >= 4 is 233 Å². The number of aromatic nitrogens is 3. The predicted molar refractivity (Wildman–Crippen MR) is 459 cm³/mol. The lowest BCUT2D eigenvalue weighted by molar-refractivity contribution is -0.116. The topological polar surface area (TPSA) is 388 Å². The quantitative estimate of drug-likeness (QED) is 0.00722. The van der Waals surface area contributed by atoms with Gasteiger partial charge < -0.3 is 36.8 Å². The molecule has 9 aromatic carbocycles. The minimum Gasteiger partial charge on any atom is -0.392 e. The van der Waals surface area contributed by atoms with Crippen molar-refractivity contribution in [3.05, 3.63) is 345 Å². The van der Waals surface area contributed by atoms with E-state index in [0.29, 0.717) is 84.9 Å². The Bertz CT molecular complexity index is 5100. The molecule has 2 amide bonds. The molecule has 23 nitrogen and oxygen atoms in total. The zero-order chi connectivity index (χ0) is 87.0. The molecule has 0 aliphatic heterocycles. The summed E-state index contributed by atoms with van der Waals surface area (Å²) in [7, 11) is -2.46. The number of nitrogens with zero attached hydrogens (tertiary/aromatic N) is 10. The molecule has 1 heterocycles. The Kier molecular flexibility index (Phi) is 45.6. The smallest absolute Gasteiger partial charge is 0.297 e. The summed E-state index contributed by atoms with van der Waals surface area (Å²) >= 11 is 86.3. The minimum atomic E-state index is -2.46. The van der Waals surface area contributed by atoms with Crippen molar-refractivity contribution in [1.82, 2.24) is 15.0 Å². The molecule has 0 fully saturated rings. The van der Waals surface area contributed by atoms with Crippen molar-refractivity contribution in [1.29, 1.82) is 1.12 Å². The Hall–Kier alpha value is -7.70. The molecule has 0 aliphatic carbocycles. The molecule has 0 spiro atoms. The SMILES string of the molecule is CP(C)(=O)N=[N+]=[N-].NC(=O)c1nnn(Cc2cc(Cl)c(C(=O)c3ccc(Cl)cc3)c(Cl)c2)c1N.O=C(Cl)c1ccc(Cl)cc1.O=C(c1ccc(Cl)cc1)c1c(Cl)cc(CO)cc1Cl.OCc1cc(Cl)cc(Cl)c1.[2H]S(=O)CC.[3H]Cc1cc(Cl)cc(Cl)c1.[C-]#[N+]CC(N)=O.[N-]=[N+]=NCc1cc(Cl)c(C(=O)c2ccc(Cl)cc2)c(Cl)c1. The molecule has 113 heavy (non-hydrogen) atoms. The standard InChI is InChI=1S/C17H12Cl3N5O2.C14H8Cl3N3O.C14H9Cl3O2.C7H6Cl2O.C7H4Cl2O.C7H6Cl2.C3H4N2O.C2H6N3OP.C2H6OS/c18-10-3-1-9(2-4-10)15(26)13-11(19)5-8(6-12(13)20)7-25-16(21)14(17(22)27)23-24-25;15-10-3-1-9(2-4-10)14(21)13-11(16)5-8(6-12(13)17)7-19-20-18;15-10-3-1-9(2-4-10)14(19)13-11(16)5-8(7-18)6-12(13)17;8-6-1-5(4-10)2-7(9)3-6;8-6-3-1-5(2-4-6)7(9)10;1-5-2-6(8)4-7(9)3-5;1-5-2-3(4)6;1-7(2,6)5-4-3;1-2-4-3/h1-6H,7,21H2,(H2,22,27);1-6H,7H2;1-6,18H,7H2;1-3,10H,4H2;1-4H;2-4H,1H3;2H2,(H2,4,6);1-2H3;4H,2H2,1H3/i;;;;;1T;;;4D. The molecule has 0 radical (unpaired) electrons. The van der Waals surface area contributed by atoms with E-state index in [9.17, 15) is 37.5 Å². The van der Waals surface area contributed by atoms with Gasteiger partial charge >= 0.3 is 0 Å². The highest BCUT2D eigenvalue weighted by molar-refractivity contribution is 7.65. The van der Waals surface area contributed by atoms with Crippen LogP contribution in [0.25, 0.3) is 25.7 Å². The van der Waals surface area contributed by atoms with E-state index in [4.69, 9.17) is 216 Å². The maximum absolute atomic E-state index is 12.7. The number of carbonyl (C=O) groups excluding carboxylic acids is 6. The molecule has 40 heteroatoms. The second-order valence-corrected chi connectivity index (χ2v) is 31.7. The number of aryl methyl sites for hydroxylation is 1. The van der Waals surface area contributed by atoms with Crippen LogP contribution in [0.4, 0.5) is 5.82 Å². The van der Waals surface area contributed by atoms with E-state index in [0.717, 1.165) is 11.1 Å². The van der Waals surface area contributed by atoms with Gasteiger partial charge in [-0.1, -0.05) is 180 Å². The fraction of sp³-hybridized carbons (Fsp3) is 0.137. The summed E-state index contributed by atoms with van der Waals surface area (Å²) in [5.41, 5.74) is 37.1. The summed E-state index contributed by atoms with van der Waals surface area (Å²) in [6.45, 7) is 10.7. The van der Waals surface area contributed by atoms with Crippen LogP contribution < -0.4 is 17.2 Å². The monoisotopic (exact) mass is 1870 g/mol. The van der Waals surface area contributed by atoms with Gasteiger partial charge in [0.05, 0.1) is 73.1 Å². The third-order valence-corrected chi connectivity index (χ3v) is 17.5. The zero-order valence-electron chi connectivity index (χ0n) is 60.5. The van der Waals surface area contributed by atoms with Gasteiger partial charge in [0, 0.05) is 91.0 Å². The number of thiol groups is 1. The Morgan fingerprint density at radius 2 is 0.876 bits per heavy atom. The number of nitrogens with two attached hydrogens (primary N) is 3. The van der Waals surface area contributed by atoms with Crippen molar-refractivity contribution in [3.8, 4) is 0 Å². The van der Waals surface area contributed by atoms with Crippen LogP contribution in [0.3, 0.4) is 0 Å². The fourth-order valence-electron chi connectivity index (χ4n) is 8.01. The van der Waals surface area contributed by atoms with Gasteiger partial charge in [-0.3, -0.25) is 33.0 Å². The average Bonchev–Trinajstić information content (AvgIpc) is 1.73. The number of azide groups is 2. The number of ketones is 3. The number of amides is 2. The van der Waals surface area contributed by atoms with Crippen LogP contribution in [0.2, 0.25) is 70.3 Å². The molecular formula is C73H61Cl15N13O10PS. The normalized spacial score (nSPS) is 10.4. The molecule has 10 rings (SSSR count). The first kappa shape index (κ1) is 97.7. The molecule has 10 aromatic rings. The van der Waals surface area contributed by atoms with Gasteiger partial charge in [-0.25, -0.2) is 11.3 Å². The zero-order valence-corrected chi connectivity index (χ0v) is 71.6. The molecule has 0 aliphatic rings. The lowest BCUT2D eigenvalue weighted by atomic mass is 10.0. The number of aliphatic hydroxyl groups excluding tert-OH is 2. The predicted octanol–water partition coefficient (Wildman–Crippen LogP) is 22.9. The van der Waals surface area contributed by atoms with E-state index in [1.54, 1.807) is 165 Å². The Balaban J connectivity index is 0.000000462. The van der Waals surface area contributed by atoms with Gasteiger partial charge in [-0.2, -0.15) is 0 Å². The third-order valence-electron chi connectivity index (χ3n) is 12.9. The Morgan fingerprint density at radius 3 is 1.13 bits per heavy atom. The van der Waals surface area contributed by atoms with Gasteiger partial charge in [-0.05, 0) is 245 Å².